The third-order valence-corrected chi connectivity index (χ3v) is 5.82. The number of hydrogen-bond acceptors (Lipinski definition) is 5. The van der Waals surface area contributed by atoms with Crippen LogP contribution in [0.5, 0.6) is 17.2 Å². The van der Waals surface area contributed by atoms with Crippen LogP contribution in [0.3, 0.4) is 0 Å². The molecule has 2 aromatic rings. The van der Waals surface area contributed by atoms with Crippen molar-refractivity contribution in [3.63, 3.8) is 0 Å². The molecule has 5 heteroatoms. The topological polar surface area (TPSA) is 34.2 Å². The summed E-state index contributed by atoms with van der Waals surface area (Å²) >= 11 is 0. The Kier molecular flexibility index (Phi) is 7.64. The molecular formula is C24H34N2O3. The minimum absolute atomic E-state index is 0.735. The lowest BCUT2D eigenvalue weighted by Gasteiger charge is -2.34. The van der Waals surface area contributed by atoms with Crippen LogP contribution in [0.2, 0.25) is 0 Å². The van der Waals surface area contributed by atoms with Gasteiger partial charge in [-0.15, -0.1) is 0 Å². The smallest absolute Gasteiger partial charge is 0.162 e. The fraction of sp³-hybridized carbons (Fsp3) is 0.500. The Morgan fingerprint density at radius 2 is 1.69 bits per heavy atom. The first kappa shape index (κ1) is 21.3. The van der Waals surface area contributed by atoms with Gasteiger partial charge in [-0.05, 0) is 56.6 Å². The van der Waals surface area contributed by atoms with E-state index in [4.69, 9.17) is 14.2 Å². The number of rotatable bonds is 11. The molecule has 0 N–H and O–H groups in total. The van der Waals surface area contributed by atoms with E-state index in [1.54, 1.807) is 14.2 Å². The molecule has 0 amide bonds. The normalized spacial score (nSPS) is 13.8. The number of hydrogen-bond donors (Lipinski definition) is 0. The first-order valence-corrected chi connectivity index (χ1v) is 10.5. The zero-order valence-corrected chi connectivity index (χ0v) is 18.2. The highest BCUT2D eigenvalue weighted by atomic mass is 16.5. The molecule has 0 aromatic heterocycles. The standard InChI is InChI=1S/C24H34N2O3/c1-5-26(21-11-14-23(27-3)24(17-21)28-4)18-19-9-12-22(13-10-19)29-16-15-25(2)20-7-6-8-20/h9-14,17,20H,5-8,15-16,18H2,1-4H3. The summed E-state index contributed by atoms with van der Waals surface area (Å²) in [5.41, 5.74) is 2.37. The second-order valence-electron chi connectivity index (χ2n) is 7.61. The number of anilines is 1. The minimum Gasteiger partial charge on any atom is -0.493 e. The number of benzene rings is 2. The van der Waals surface area contributed by atoms with Crippen LogP contribution in [-0.2, 0) is 6.54 Å². The van der Waals surface area contributed by atoms with E-state index in [1.165, 1.54) is 24.8 Å². The lowest BCUT2D eigenvalue weighted by Crippen LogP contribution is -2.39. The van der Waals surface area contributed by atoms with Gasteiger partial charge in [0.1, 0.15) is 12.4 Å². The van der Waals surface area contributed by atoms with Gasteiger partial charge in [-0.25, -0.2) is 0 Å². The Morgan fingerprint density at radius 1 is 0.966 bits per heavy atom. The highest BCUT2D eigenvalue weighted by Crippen LogP contribution is 2.32. The Bertz CT molecular complexity index is 759. The average molecular weight is 399 g/mol. The summed E-state index contributed by atoms with van der Waals surface area (Å²) in [7, 11) is 5.52. The van der Waals surface area contributed by atoms with Crippen LogP contribution in [0.15, 0.2) is 42.5 Å². The maximum Gasteiger partial charge on any atom is 0.162 e. The molecule has 0 saturated heterocycles. The molecule has 0 unspecified atom stereocenters. The Hall–Kier alpha value is -2.40. The first-order chi connectivity index (χ1) is 14.1. The zero-order valence-electron chi connectivity index (χ0n) is 18.2. The van der Waals surface area contributed by atoms with Crippen molar-refractivity contribution >= 4 is 5.69 Å². The van der Waals surface area contributed by atoms with Crippen LogP contribution < -0.4 is 19.1 Å². The summed E-state index contributed by atoms with van der Waals surface area (Å²) in [6.07, 6.45) is 4.04. The van der Waals surface area contributed by atoms with Gasteiger partial charge in [0.15, 0.2) is 11.5 Å². The van der Waals surface area contributed by atoms with E-state index >= 15 is 0 Å². The predicted octanol–water partition coefficient (Wildman–Crippen LogP) is 4.59. The maximum atomic E-state index is 5.94. The van der Waals surface area contributed by atoms with Crippen LogP contribution in [0, 0.1) is 0 Å². The molecule has 1 aliphatic rings. The molecule has 1 saturated carbocycles. The molecule has 0 aliphatic heterocycles. The molecule has 1 aliphatic carbocycles. The van der Waals surface area contributed by atoms with Crippen molar-refractivity contribution in [2.75, 3.05) is 45.9 Å². The van der Waals surface area contributed by atoms with Crippen LogP contribution in [-0.4, -0.2) is 51.9 Å². The molecule has 5 nitrogen and oxygen atoms in total. The van der Waals surface area contributed by atoms with Crippen molar-refractivity contribution in [3.8, 4) is 17.2 Å². The van der Waals surface area contributed by atoms with E-state index in [2.05, 4.69) is 54.1 Å². The Morgan fingerprint density at radius 3 is 2.28 bits per heavy atom. The van der Waals surface area contributed by atoms with Gasteiger partial charge in [0.05, 0.1) is 14.2 Å². The number of methoxy groups -OCH3 is 2. The van der Waals surface area contributed by atoms with Crippen LogP contribution >= 0.6 is 0 Å². The van der Waals surface area contributed by atoms with Crippen molar-refractivity contribution < 1.29 is 14.2 Å². The van der Waals surface area contributed by atoms with Gasteiger partial charge in [-0.1, -0.05) is 18.6 Å². The first-order valence-electron chi connectivity index (χ1n) is 10.5. The van der Waals surface area contributed by atoms with Gasteiger partial charge in [-0.2, -0.15) is 0 Å². The van der Waals surface area contributed by atoms with Gasteiger partial charge in [0.2, 0.25) is 0 Å². The second-order valence-corrected chi connectivity index (χ2v) is 7.61. The summed E-state index contributed by atoms with van der Waals surface area (Å²) in [5, 5.41) is 0. The van der Waals surface area contributed by atoms with Crippen molar-refractivity contribution in [2.45, 2.75) is 38.8 Å². The van der Waals surface area contributed by atoms with E-state index in [9.17, 15) is 0 Å². The molecule has 3 rings (SSSR count). The summed E-state index contributed by atoms with van der Waals surface area (Å²) in [6.45, 7) is 5.61. The lowest BCUT2D eigenvalue weighted by atomic mass is 9.92. The van der Waals surface area contributed by atoms with Crippen LogP contribution in [0.1, 0.15) is 31.7 Å². The third-order valence-electron chi connectivity index (χ3n) is 5.82. The van der Waals surface area contributed by atoms with Gasteiger partial charge < -0.3 is 24.0 Å². The quantitative estimate of drug-likeness (QED) is 0.553. The fourth-order valence-corrected chi connectivity index (χ4v) is 3.64. The van der Waals surface area contributed by atoms with Crippen molar-refractivity contribution in [3.05, 3.63) is 48.0 Å². The molecule has 0 bridgehead atoms. The van der Waals surface area contributed by atoms with Crippen LogP contribution in [0.4, 0.5) is 5.69 Å². The van der Waals surface area contributed by atoms with E-state index in [0.29, 0.717) is 0 Å². The highest BCUT2D eigenvalue weighted by molar-refractivity contribution is 5.56. The van der Waals surface area contributed by atoms with E-state index in [0.717, 1.165) is 55.2 Å². The van der Waals surface area contributed by atoms with E-state index in [1.807, 2.05) is 12.1 Å². The molecule has 2 aromatic carbocycles. The highest BCUT2D eigenvalue weighted by Gasteiger charge is 2.21. The SMILES string of the molecule is CCN(Cc1ccc(OCCN(C)C2CCC2)cc1)c1ccc(OC)c(OC)c1. The molecule has 0 radical (unpaired) electrons. The van der Waals surface area contributed by atoms with E-state index < -0.39 is 0 Å². The van der Waals surface area contributed by atoms with Gasteiger partial charge in [0, 0.05) is 37.4 Å². The number of ether oxygens (including phenoxy) is 3. The lowest BCUT2D eigenvalue weighted by molar-refractivity contribution is 0.135. The average Bonchev–Trinajstić information content (AvgIpc) is 2.71. The van der Waals surface area contributed by atoms with Gasteiger partial charge in [-0.3, -0.25) is 0 Å². The summed E-state index contributed by atoms with van der Waals surface area (Å²) in [6, 6.07) is 15.2. The number of likely N-dealkylation sites (N-methyl/N-ethyl adjacent to an activating group) is 1. The summed E-state index contributed by atoms with van der Waals surface area (Å²) in [4.78, 5) is 4.73. The summed E-state index contributed by atoms with van der Waals surface area (Å²) in [5.74, 6) is 2.43. The van der Waals surface area contributed by atoms with Crippen LogP contribution in [0.25, 0.3) is 0 Å². The van der Waals surface area contributed by atoms with Crippen molar-refractivity contribution in [2.24, 2.45) is 0 Å². The largest absolute Gasteiger partial charge is 0.493 e. The molecule has 158 valence electrons. The fourth-order valence-electron chi connectivity index (χ4n) is 3.64. The van der Waals surface area contributed by atoms with E-state index in [-0.39, 0.29) is 0 Å². The Balaban J connectivity index is 1.54. The monoisotopic (exact) mass is 398 g/mol. The minimum atomic E-state index is 0.735. The predicted molar refractivity (Wildman–Crippen MR) is 118 cm³/mol. The Labute approximate surface area is 175 Å². The van der Waals surface area contributed by atoms with Gasteiger partial charge >= 0.3 is 0 Å². The summed E-state index contributed by atoms with van der Waals surface area (Å²) < 4.78 is 16.7. The molecule has 1 fully saturated rings. The molecule has 0 atom stereocenters. The third kappa shape index (κ3) is 5.57. The van der Waals surface area contributed by atoms with Crippen molar-refractivity contribution in [1.82, 2.24) is 4.90 Å². The second kappa shape index (κ2) is 10.4. The molecule has 0 spiro atoms. The number of nitrogens with zero attached hydrogens (tertiary/aromatic N) is 2. The van der Waals surface area contributed by atoms with Crippen molar-refractivity contribution in [1.29, 1.82) is 0 Å². The van der Waals surface area contributed by atoms with Gasteiger partial charge in [0.25, 0.3) is 0 Å². The molecular weight excluding hydrogens is 364 g/mol. The molecule has 29 heavy (non-hydrogen) atoms. The zero-order chi connectivity index (χ0) is 20.6. The maximum absolute atomic E-state index is 5.94. The molecule has 0 heterocycles.